The third-order valence-corrected chi connectivity index (χ3v) is 6.51. The Bertz CT molecular complexity index is 1290. The molecule has 7 nitrogen and oxygen atoms in total. The molecule has 2 aromatic carbocycles. The zero-order chi connectivity index (χ0) is 22.1. The number of hydrogen-bond donors (Lipinski definition) is 1. The first-order chi connectivity index (χ1) is 15.7. The monoisotopic (exact) mass is 448 g/mol. The van der Waals surface area contributed by atoms with Gasteiger partial charge in [0.2, 0.25) is 0 Å². The molecule has 4 aromatic rings. The van der Waals surface area contributed by atoms with Crippen LogP contribution in [0.1, 0.15) is 29.4 Å². The van der Waals surface area contributed by atoms with E-state index in [9.17, 15) is 4.79 Å². The summed E-state index contributed by atoms with van der Waals surface area (Å²) in [6.45, 7) is 5.97. The zero-order valence-electron chi connectivity index (χ0n) is 18.1. The molecule has 8 heteroatoms. The number of H-pyrrole nitrogens is 1. The van der Waals surface area contributed by atoms with E-state index in [4.69, 9.17) is 9.47 Å². The number of rotatable bonds is 6. The molecule has 0 bridgehead atoms. The van der Waals surface area contributed by atoms with Crippen molar-refractivity contribution < 1.29 is 14.3 Å². The second-order valence-corrected chi connectivity index (χ2v) is 8.59. The zero-order valence-corrected chi connectivity index (χ0v) is 18.9. The van der Waals surface area contributed by atoms with E-state index in [1.54, 1.807) is 0 Å². The molecule has 1 N–H and O–H groups in total. The number of nitrogens with one attached hydrogen (secondary N) is 1. The average molecular weight is 449 g/mol. The van der Waals surface area contributed by atoms with Gasteiger partial charge in [0.25, 0.3) is 0 Å². The molecule has 3 heterocycles. The minimum atomic E-state index is 0.0766. The van der Waals surface area contributed by atoms with E-state index in [0.29, 0.717) is 25.5 Å². The van der Waals surface area contributed by atoms with Crippen LogP contribution in [0, 0.1) is 6.92 Å². The number of hydrogen-bond acceptors (Lipinski definition) is 6. The molecular formula is C24H24N4O3S. The first kappa shape index (κ1) is 20.6. The van der Waals surface area contributed by atoms with Crippen LogP contribution < -0.4 is 9.47 Å². The number of aromatic nitrogens is 4. The van der Waals surface area contributed by atoms with Gasteiger partial charge in [-0.1, -0.05) is 30.0 Å². The van der Waals surface area contributed by atoms with Crippen molar-refractivity contribution in [2.24, 2.45) is 0 Å². The number of thioether (sulfide) groups is 1. The normalized spacial score (nSPS) is 13.3. The Morgan fingerprint density at radius 1 is 1.12 bits per heavy atom. The summed E-state index contributed by atoms with van der Waals surface area (Å²) in [5.74, 6) is 2.60. The molecule has 0 fully saturated rings. The molecule has 0 amide bonds. The fraction of sp³-hybridized carbons (Fsp3) is 0.292. The van der Waals surface area contributed by atoms with Crippen molar-refractivity contribution in [1.82, 2.24) is 19.7 Å². The van der Waals surface area contributed by atoms with Crippen LogP contribution in [0.25, 0.3) is 22.3 Å². The lowest BCUT2D eigenvalue weighted by Gasteiger charge is -2.10. The van der Waals surface area contributed by atoms with Crippen molar-refractivity contribution in [3.8, 4) is 22.9 Å². The molecule has 1 aliphatic rings. The fourth-order valence-electron chi connectivity index (χ4n) is 4.03. The number of benzene rings is 2. The number of Topliss-reactive ketones (excluding diaryl/α,β-unsaturated/α-hetero) is 1. The van der Waals surface area contributed by atoms with E-state index in [0.717, 1.165) is 56.6 Å². The summed E-state index contributed by atoms with van der Waals surface area (Å²) in [5, 5.41) is 10.5. The topological polar surface area (TPSA) is 82.0 Å². The van der Waals surface area contributed by atoms with E-state index < -0.39 is 0 Å². The third-order valence-electron chi connectivity index (χ3n) is 5.54. The first-order valence-electron chi connectivity index (χ1n) is 10.7. The van der Waals surface area contributed by atoms with Crippen LogP contribution in [-0.2, 0) is 6.54 Å². The molecule has 0 atom stereocenters. The number of ketones is 1. The predicted octanol–water partition coefficient (Wildman–Crippen LogP) is 4.89. The Morgan fingerprint density at radius 3 is 2.78 bits per heavy atom. The fourth-order valence-corrected chi connectivity index (χ4v) is 4.91. The highest BCUT2D eigenvalue weighted by atomic mass is 32.2. The lowest BCUT2D eigenvalue weighted by Crippen LogP contribution is -2.06. The Hall–Kier alpha value is -3.26. The smallest absolute Gasteiger partial charge is 0.191 e. The molecule has 32 heavy (non-hydrogen) atoms. The summed E-state index contributed by atoms with van der Waals surface area (Å²) in [4.78, 5) is 16.4. The van der Waals surface area contributed by atoms with Crippen LogP contribution >= 0.6 is 11.8 Å². The van der Waals surface area contributed by atoms with Crippen molar-refractivity contribution >= 4 is 28.4 Å². The second-order valence-electron chi connectivity index (χ2n) is 7.64. The molecule has 1 aliphatic heterocycles. The van der Waals surface area contributed by atoms with Gasteiger partial charge in [0.15, 0.2) is 28.3 Å². The summed E-state index contributed by atoms with van der Waals surface area (Å²) in [6, 6.07) is 13.7. The maximum absolute atomic E-state index is 13.1. The summed E-state index contributed by atoms with van der Waals surface area (Å²) >= 11 is 1.41. The molecule has 2 aromatic heterocycles. The molecule has 0 unspecified atom stereocenters. The molecule has 0 spiro atoms. The maximum Gasteiger partial charge on any atom is 0.191 e. The maximum atomic E-state index is 13.1. The molecule has 164 valence electrons. The van der Waals surface area contributed by atoms with Crippen molar-refractivity contribution in [3.63, 3.8) is 0 Å². The van der Waals surface area contributed by atoms with Crippen LogP contribution in [0.15, 0.2) is 47.6 Å². The van der Waals surface area contributed by atoms with Gasteiger partial charge in [-0.05, 0) is 38.1 Å². The number of ether oxygens (including phenoxy) is 2. The first-order valence-corrected chi connectivity index (χ1v) is 11.7. The van der Waals surface area contributed by atoms with Crippen LogP contribution in [0.4, 0.5) is 0 Å². The van der Waals surface area contributed by atoms with Gasteiger partial charge in [0.05, 0.1) is 19.0 Å². The molecule has 0 aliphatic carbocycles. The minimum Gasteiger partial charge on any atom is -0.490 e. The highest BCUT2D eigenvalue weighted by molar-refractivity contribution is 7.99. The minimum absolute atomic E-state index is 0.0766. The van der Waals surface area contributed by atoms with E-state index >= 15 is 0 Å². The predicted molar refractivity (Wildman–Crippen MR) is 125 cm³/mol. The van der Waals surface area contributed by atoms with Crippen LogP contribution in [0.2, 0.25) is 0 Å². The van der Waals surface area contributed by atoms with E-state index in [1.165, 1.54) is 11.8 Å². The van der Waals surface area contributed by atoms with Crippen LogP contribution in [-0.4, -0.2) is 44.5 Å². The number of aromatic amines is 1. The summed E-state index contributed by atoms with van der Waals surface area (Å²) < 4.78 is 13.6. The molecule has 5 rings (SSSR count). The second kappa shape index (κ2) is 8.70. The van der Waals surface area contributed by atoms with Gasteiger partial charge in [0, 0.05) is 40.7 Å². The van der Waals surface area contributed by atoms with Gasteiger partial charge in [0.1, 0.15) is 0 Å². The largest absolute Gasteiger partial charge is 0.490 e. The standard InChI is InChI=1S/C24H24N4O3S/c1-3-28-23(16-9-10-20-21(13-16)31-12-6-11-30-20)26-27-24(28)32-14-19(29)22-15(2)25-18-8-5-4-7-17(18)22/h4-5,7-10,13,25H,3,6,11-12,14H2,1-2H3. The van der Waals surface area contributed by atoms with Gasteiger partial charge in [-0.25, -0.2) is 0 Å². The van der Waals surface area contributed by atoms with Gasteiger partial charge in [-0.3, -0.25) is 4.79 Å². The molecule has 0 radical (unpaired) electrons. The molecule has 0 saturated heterocycles. The number of fused-ring (bicyclic) bond motifs is 2. The van der Waals surface area contributed by atoms with Crippen molar-refractivity contribution in [2.75, 3.05) is 19.0 Å². The van der Waals surface area contributed by atoms with Gasteiger partial charge in [-0.2, -0.15) is 0 Å². The highest BCUT2D eigenvalue weighted by Crippen LogP contribution is 2.35. The molecule has 0 saturated carbocycles. The van der Waals surface area contributed by atoms with E-state index in [-0.39, 0.29) is 5.78 Å². The summed E-state index contributed by atoms with van der Waals surface area (Å²) in [6.07, 6.45) is 0.861. The van der Waals surface area contributed by atoms with Crippen LogP contribution in [0.5, 0.6) is 11.5 Å². The average Bonchev–Trinajstić information content (AvgIpc) is 3.28. The van der Waals surface area contributed by atoms with E-state index in [2.05, 4.69) is 15.2 Å². The van der Waals surface area contributed by atoms with Gasteiger partial charge < -0.3 is 19.0 Å². The SMILES string of the molecule is CCn1c(SCC(=O)c2c(C)[nH]c3ccccc23)nnc1-c1ccc2c(c1)OCCCO2. The Labute approximate surface area is 190 Å². The highest BCUT2D eigenvalue weighted by Gasteiger charge is 2.20. The Morgan fingerprint density at radius 2 is 1.94 bits per heavy atom. The van der Waals surface area contributed by atoms with E-state index in [1.807, 2.05) is 60.9 Å². The number of carbonyl (C=O) groups is 1. The van der Waals surface area contributed by atoms with Crippen molar-refractivity contribution in [3.05, 3.63) is 53.7 Å². The lowest BCUT2D eigenvalue weighted by atomic mass is 10.1. The number of nitrogens with zero attached hydrogens (tertiary/aromatic N) is 3. The third kappa shape index (κ3) is 3.75. The van der Waals surface area contributed by atoms with Crippen molar-refractivity contribution in [1.29, 1.82) is 0 Å². The number of carbonyl (C=O) groups excluding carboxylic acids is 1. The molecular weight excluding hydrogens is 424 g/mol. The van der Waals surface area contributed by atoms with Gasteiger partial charge in [-0.15, -0.1) is 10.2 Å². The number of para-hydroxylation sites is 1. The Kier molecular flexibility index (Phi) is 5.61. The van der Waals surface area contributed by atoms with Crippen molar-refractivity contribution in [2.45, 2.75) is 32.0 Å². The number of aryl methyl sites for hydroxylation is 1. The Balaban J connectivity index is 1.38. The summed E-state index contributed by atoms with van der Waals surface area (Å²) in [5.41, 5.74) is 3.53. The van der Waals surface area contributed by atoms with Gasteiger partial charge >= 0.3 is 0 Å². The lowest BCUT2D eigenvalue weighted by molar-refractivity contribution is 0.102. The quantitative estimate of drug-likeness (QED) is 0.334. The summed E-state index contributed by atoms with van der Waals surface area (Å²) in [7, 11) is 0. The van der Waals surface area contributed by atoms with Crippen LogP contribution in [0.3, 0.4) is 0 Å².